The van der Waals surface area contributed by atoms with Crippen LogP contribution in [0.4, 0.5) is 10.2 Å². The zero-order chi connectivity index (χ0) is 17.5. The summed E-state index contributed by atoms with van der Waals surface area (Å²) in [7, 11) is -3.46. The first-order chi connectivity index (χ1) is 12.0. The van der Waals surface area contributed by atoms with Gasteiger partial charge in [-0.3, -0.25) is 0 Å². The van der Waals surface area contributed by atoms with Crippen LogP contribution in [0.5, 0.6) is 0 Å². The second-order valence-corrected chi connectivity index (χ2v) is 9.51. The second kappa shape index (κ2) is 6.31. The van der Waals surface area contributed by atoms with Crippen LogP contribution in [0.15, 0.2) is 40.1 Å². The third-order valence-electron chi connectivity index (χ3n) is 4.68. The summed E-state index contributed by atoms with van der Waals surface area (Å²) in [5.74, 6) is -0.203. The van der Waals surface area contributed by atoms with Gasteiger partial charge in [-0.05, 0) is 30.0 Å². The Labute approximate surface area is 149 Å². The Kier molecular flexibility index (Phi) is 4.27. The van der Waals surface area contributed by atoms with Gasteiger partial charge in [0, 0.05) is 25.7 Å². The van der Waals surface area contributed by atoms with Crippen LogP contribution in [0.25, 0.3) is 0 Å². The van der Waals surface area contributed by atoms with Crippen molar-refractivity contribution in [3.05, 3.63) is 41.7 Å². The molecule has 2 aliphatic rings. The standard InChI is InChI=1S/C16H18FN3O3S2/c17-13-3-1-6-18-15(13)19-12-9-16(23-10-12)5-7-20(11-16)25(21,22)14-4-2-8-24-14/h1-4,6,8,12H,5,7,9-11H2,(H,18,19)/t12-,16+/m1/s1. The van der Waals surface area contributed by atoms with Crippen molar-refractivity contribution in [2.75, 3.05) is 25.0 Å². The van der Waals surface area contributed by atoms with Gasteiger partial charge >= 0.3 is 0 Å². The van der Waals surface area contributed by atoms with E-state index >= 15 is 0 Å². The average Bonchev–Trinajstić information content (AvgIpc) is 3.33. The molecule has 2 atom stereocenters. The van der Waals surface area contributed by atoms with Crippen LogP contribution in [0, 0.1) is 5.82 Å². The molecular weight excluding hydrogens is 365 g/mol. The average molecular weight is 383 g/mol. The maximum absolute atomic E-state index is 13.7. The number of thiophene rings is 1. The lowest BCUT2D eigenvalue weighted by atomic mass is 9.97. The highest BCUT2D eigenvalue weighted by molar-refractivity contribution is 7.91. The van der Waals surface area contributed by atoms with Gasteiger partial charge in [0.1, 0.15) is 4.21 Å². The van der Waals surface area contributed by atoms with Gasteiger partial charge in [-0.15, -0.1) is 11.3 Å². The van der Waals surface area contributed by atoms with E-state index < -0.39 is 21.4 Å². The number of pyridine rings is 1. The van der Waals surface area contributed by atoms with Crippen molar-refractivity contribution in [3.8, 4) is 0 Å². The number of ether oxygens (including phenoxy) is 1. The molecular formula is C16H18FN3O3S2. The molecule has 1 spiro atoms. The van der Waals surface area contributed by atoms with E-state index in [4.69, 9.17) is 4.74 Å². The number of hydrogen-bond donors (Lipinski definition) is 1. The summed E-state index contributed by atoms with van der Waals surface area (Å²) < 4.78 is 46.8. The van der Waals surface area contributed by atoms with E-state index in [2.05, 4.69) is 10.3 Å². The summed E-state index contributed by atoms with van der Waals surface area (Å²) >= 11 is 1.22. The number of sulfonamides is 1. The minimum absolute atomic E-state index is 0.0891. The molecule has 2 aromatic heterocycles. The molecule has 0 radical (unpaired) electrons. The summed E-state index contributed by atoms with van der Waals surface area (Å²) in [5.41, 5.74) is -0.507. The van der Waals surface area contributed by atoms with E-state index in [1.165, 1.54) is 34.0 Å². The van der Waals surface area contributed by atoms with Crippen molar-refractivity contribution in [1.82, 2.24) is 9.29 Å². The molecule has 6 nitrogen and oxygen atoms in total. The number of anilines is 1. The summed E-state index contributed by atoms with van der Waals surface area (Å²) in [4.78, 5) is 4.00. The summed E-state index contributed by atoms with van der Waals surface area (Å²) in [6, 6.07) is 6.16. The molecule has 2 saturated heterocycles. The first-order valence-electron chi connectivity index (χ1n) is 8.03. The predicted octanol–water partition coefficient (Wildman–Crippen LogP) is 2.32. The third-order valence-corrected chi connectivity index (χ3v) is 7.90. The smallest absolute Gasteiger partial charge is 0.252 e. The molecule has 25 heavy (non-hydrogen) atoms. The van der Waals surface area contributed by atoms with Crippen molar-refractivity contribution in [3.63, 3.8) is 0 Å². The van der Waals surface area contributed by atoms with Crippen molar-refractivity contribution < 1.29 is 17.5 Å². The van der Waals surface area contributed by atoms with Crippen LogP contribution in [0.2, 0.25) is 0 Å². The molecule has 0 aliphatic carbocycles. The van der Waals surface area contributed by atoms with Gasteiger partial charge in [-0.1, -0.05) is 6.07 Å². The van der Waals surface area contributed by atoms with Crippen LogP contribution in [0.3, 0.4) is 0 Å². The lowest BCUT2D eigenvalue weighted by Gasteiger charge is -2.23. The molecule has 2 aliphatic heterocycles. The van der Waals surface area contributed by atoms with E-state index in [9.17, 15) is 12.8 Å². The molecule has 4 rings (SSSR count). The Morgan fingerprint density at radius 3 is 3.04 bits per heavy atom. The molecule has 9 heteroatoms. The highest BCUT2D eigenvalue weighted by Gasteiger charge is 2.49. The number of hydrogen-bond acceptors (Lipinski definition) is 6. The zero-order valence-electron chi connectivity index (χ0n) is 13.4. The molecule has 2 aromatic rings. The van der Waals surface area contributed by atoms with E-state index in [-0.39, 0.29) is 11.9 Å². The fourth-order valence-corrected chi connectivity index (χ4v) is 6.12. The van der Waals surface area contributed by atoms with E-state index in [0.717, 1.165) is 0 Å². The Morgan fingerprint density at radius 1 is 1.40 bits per heavy atom. The number of nitrogens with zero attached hydrogens (tertiary/aromatic N) is 2. The minimum atomic E-state index is -3.46. The number of halogens is 1. The van der Waals surface area contributed by atoms with Gasteiger partial charge in [-0.25, -0.2) is 17.8 Å². The van der Waals surface area contributed by atoms with Gasteiger partial charge in [0.05, 0.1) is 18.2 Å². The van der Waals surface area contributed by atoms with Crippen LogP contribution in [-0.2, 0) is 14.8 Å². The second-order valence-electron chi connectivity index (χ2n) is 6.39. The van der Waals surface area contributed by atoms with Gasteiger partial charge in [-0.2, -0.15) is 4.31 Å². The third kappa shape index (κ3) is 3.17. The Balaban J connectivity index is 1.44. The predicted molar refractivity (Wildman–Crippen MR) is 92.6 cm³/mol. The molecule has 0 unspecified atom stereocenters. The fraction of sp³-hybridized carbons (Fsp3) is 0.438. The monoisotopic (exact) mass is 383 g/mol. The SMILES string of the molecule is O=S(=O)(c1cccs1)N1CC[C@]2(C[C@@H](Nc3ncccc3F)CO2)C1. The summed E-state index contributed by atoms with van der Waals surface area (Å²) in [6.07, 6.45) is 2.79. The van der Waals surface area contributed by atoms with Gasteiger partial charge in [0.2, 0.25) is 0 Å². The van der Waals surface area contributed by atoms with Crippen LogP contribution >= 0.6 is 11.3 Å². The van der Waals surface area contributed by atoms with Crippen LogP contribution in [-0.4, -0.2) is 49.0 Å². The highest BCUT2D eigenvalue weighted by atomic mass is 32.2. The fourth-order valence-electron chi connectivity index (χ4n) is 3.46. The molecule has 2 fully saturated rings. The molecule has 0 amide bonds. The highest BCUT2D eigenvalue weighted by Crippen LogP contribution is 2.38. The normalized spacial score (nSPS) is 27.2. The van der Waals surface area contributed by atoms with Crippen molar-refractivity contribution in [2.45, 2.75) is 28.7 Å². The summed E-state index contributed by atoms with van der Waals surface area (Å²) in [5, 5.41) is 4.82. The first-order valence-corrected chi connectivity index (χ1v) is 10.4. The maximum Gasteiger partial charge on any atom is 0.252 e. The molecule has 1 N–H and O–H groups in total. The molecule has 4 heterocycles. The molecule has 0 bridgehead atoms. The molecule has 0 saturated carbocycles. The molecule has 0 aromatic carbocycles. The Bertz CT molecular complexity index is 859. The topological polar surface area (TPSA) is 71.5 Å². The minimum Gasteiger partial charge on any atom is -0.371 e. The van der Waals surface area contributed by atoms with Gasteiger partial charge < -0.3 is 10.1 Å². The maximum atomic E-state index is 13.7. The van der Waals surface area contributed by atoms with Crippen molar-refractivity contribution in [2.24, 2.45) is 0 Å². The number of aromatic nitrogens is 1. The number of nitrogens with one attached hydrogen (secondary N) is 1. The zero-order valence-corrected chi connectivity index (χ0v) is 15.0. The lowest BCUT2D eigenvalue weighted by Crippen LogP contribution is -2.36. The van der Waals surface area contributed by atoms with E-state index in [0.29, 0.717) is 36.7 Å². The number of rotatable bonds is 4. The van der Waals surface area contributed by atoms with E-state index in [1.54, 1.807) is 17.5 Å². The quantitative estimate of drug-likeness (QED) is 0.877. The first kappa shape index (κ1) is 16.9. The van der Waals surface area contributed by atoms with Crippen LogP contribution in [0.1, 0.15) is 12.8 Å². The lowest BCUT2D eigenvalue weighted by molar-refractivity contribution is 0.0173. The van der Waals surface area contributed by atoms with Crippen LogP contribution < -0.4 is 5.32 Å². The Morgan fingerprint density at radius 2 is 2.28 bits per heavy atom. The van der Waals surface area contributed by atoms with Crippen molar-refractivity contribution in [1.29, 1.82) is 0 Å². The molecule has 134 valence electrons. The van der Waals surface area contributed by atoms with Gasteiger partial charge in [0.15, 0.2) is 11.6 Å². The van der Waals surface area contributed by atoms with E-state index in [1.807, 2.05) is 0 Å². The van der Waals surface area contributed by atoms with Crippen molar-refractivity contribution >= 4 is 27.2 Å². The van der Waals surface area contributed by atoms with Gasteiger partial charge in [0.25, 0.3) is 10.0 Å². The Hall–Kier alpha value is -1.55. The largest absolute Gasteiger partial charge is 0.371 e. The summed E-state index contributed by atoms with van der Waals surface area (Å²) in [6.45, 7) is 1.17.